The summed E-state index contributed by atoms with van der Waals surface area (Å²) in [4.78, 5) is 21.7. The Morgan fingerprint density at radius 3 is 2.53 bits per heavy atom. The van der Waals surface area contributed by atoms with E-state index in [2.05, 4.69) is 9.27 Å². The maximum Gasteiger partial charge on any atom is 0.263 e. The molecule has 3 heterocycles. The van der Waals surface area contributed by atoms with Gasteiger partial charge in [-0.3, -0.25) is 4.79 Å². The average Bonchev–Trinajstić information content (AvgIpc) is 3.53. The monoisotopic (exact) mass is 530 g/mol. The van der Waals surface area contributed by atoms with Gasteiger partial charge < -0.3 is 14.5 Å². The third kappa shape index (κ3) is 4.94. The molecule has 0 radical (unpaired) electrons. The number of benzene rings is 2. The van der Waals surface area contributed by atoms with E-state index in [4.69, 9.17) is 9.72 Å². The number of carbonyl (C=O) groups is 1. The van der Waals surface area contributed by atoms with Crippen LogP contribution in [0.4, 0.5) is 9.52 Å². The van der Waals surface area contributed by atoms with Gasteiger partial charge in [-0.25, -0.2) is 12.8 Å². The van der Waals surface area contributed by atoms with Gasteiger partial charge in [0.15, 0.2) is 33.3 Å². The molecule has 2 aliphatic heterocycles. The van der Waals surface area contributed by atoms with Crippen molar-refractivity contribution in [1.29, 1.82) is 0 Å². The molecule has 11 heteroatoms. The summed E-state index contributed by atoms with van der Waals surface area (Å²) in [6.45, 7) is 3.59. The van der Waals surface area contributed by atoms with Gasteiger partial charge in [0.25, 0.3) is 5.91 Å². The van der Waals surface area contributed by atoms with Gasteiger partial charge in [-0.2, -0.15) is 9.36 Å². The standard InChI is InChI=1S/C25H27FN4O4S2/c1-2-36(32,33)19-8-9-21(20(26)16-19)34-22-12-15-30(24(22)31)18-10-13-29(14-11-18)25-27-23(28-35-25)17-6-4-3-5-7-17/h3-9,16,18,22H,2,10-15H2,1H3. The fourth-order valence-corrected chi connectivity index (χ4v) is 6.29. The minimum Gasteiger partial charge on any atom is -0.477 e. The molecule has 0 aliphatic carbocycles. The first-order valence-electron chi connectivity index (χ1n) is 12.0. The summed E-state index contributed by atoms with van der Waals surface area (Å²) in [5.74, 6) is -0.434. The number of amides is 1. The van der Waals surface area contributed by atoms with Crippen LogP contribution in [0.2, 0.25) is 0 Å². The molecule has 1 aromatic heterocycles. The van der Waals surface area contributed by atoms with E-state index in [1.54, 1.807) is 0 Å². The molecule has 1 unspecified atom stereocenters. The molecule has 1 amide bonds. The zero-order valence-corrected chi connectivity index (χ0v) is 21.5. The molecule has 2 aliphatic rings. The zero-order valence-electron chi connectivity index (χ0n) is 19.8. The molecule has 2 fully saturated rings. The number of piperidine rings is 1. The van der Waals surface area contributed by atoms with Crippen molar-refractivity contribution in [3.8, 4) is 17.1 Å². The van der Waals surface area contributed by atoms with Crippen LogP contribution >= 0.6 is 11.5 Å². The van der Waals surface area contributed by atoms with Crippen molar-refractivity contribution in [2.75, 3.05) is 30.3 Å². The predicted molar refractivity (Wildman–Crippen MR) is 135 cm³/mol. The average molecular weight is 531 g/mol. The third-order valence-electron chi connectivity index (χ3n) is 6.73. The van der Waals surface area contributed by atoms with Crippen molar-refractivity contribution >= 4 is 32.4 Å². The minimum absolute atomic E-state index is 0.0887. The van der Waals surface area contributed by atoms with E-state index in [9.17, 15) is 17.6 Å². The molecule has 2 saturated heterocycles. The lowest BCUT2D eigenvalue weighted by Crippen LogP contribution is -2.47. The number of aromatic nitrogens is 2. The number of nitrogens with zero attached hydrogens (tertiary/aromatic N) is 4. The van der Waals surface area contributed by atoms with Gasteiger partial charge in [0.2, 0.25) is 5.13 Å². The molecule has 0 N–H and O–H groups in total. The Hall–Kier alpha value is -3.05. The molecule has 8 nitrogen and oxygen atoms in total. The highest BCUT2D eigenvalue weighted by molar-refractivity contribution is 7.91. The van der Waals surface area contributed by atoms with E-state index < -0.39 is 21.8 Å². The van der Waals surface area contributed by atoms with Crippen LogP contribution in [-0.2, 0) is 14.6 Å². The van der Waals surface area contributed by atoms with Crippen molar-refractivity contribution in [2.45, 2.75) is 43.2 Å². The summed E-state index contributed by atoms with van der Waals surface area (Å²) in [5.41, 5.74) is 0.988. The fourth-order valence-electron chi connectivity index (χ4n) is 4.65. The number of rotatable bonds is 7. The SMILES string of the molecule is CCS(=O)(=O)c1ccc(OC2CCN(C3CCN(c4nc(-c5ccccc5)ns4)CC3)C2=O)c(F)c1. The molecule has 0 bridgehead atoms. The molecular formula is C25H27FN4O4S2. The van der Waals surface area contributed by atoms with Crippen molar-refractivity contribution in [1.82, 2.24) is 14.3 Å². The second-order valence-electron chi connectivity index (χ2n) is 8.91. The Bertz CT molecular complexity index is 1340. The topological polar surface area (TPSA) is 92.7 Å². The molecule has 5 rings (SSSR count). The van der Waals surface area contributed by atoms with Crippen molar-refractivity contribution in [3.05, 3.63) is 54.3 Å². The van der Waals surface area contributed by atoms with Crippen LogP contribution in [0.15, 0.2) is 53.4 Å². The minimum atomic E-state index is -3.52. The van der Waals surface area contributed by atoms with E-state index in [0.717, 1.165) is 48.5 Å². The number of sulfone groups is 1. The Morgan fingerprint density at radius 1 is 1.08 bits per heavy atom. The van der Waals surface area contributed by atoms with Crippen molar-refractivity contribution < 1.29 is 22.3 Å². The highest BCUT2D eigenvalue weighted by atomic mass is 32.2. The van der Waals surface area contributed by atoms with E-state index in [1.165, 1.54) is 30.6 Å². The maximum absolute atomic E-state index is 14.5. The van der Waals surface area contributed by atoms with Crippen LogP contribution in [0.1, 0.15) is 26.2 Å². The number of likely N-dealkylation sites (tertiary alicyclic amines) is 1. The number of hydrogen-bond donors (Lipinski definition) is 0. The van der Waals surface area contributed by atoms with Crippen LogP contribution in [0, 0.1) is 5.82 Å². The zero-order chi connectivity index (χ0) is 25.3. The van der Waals surface area contributed by atoms with Gasteiger partial charge in [0.05, 0.1) is 10.6 Å². The van der Waals surface area contributed by atoms with Gasteiger partial charge in [-0.05, 0) is 31.0 Å². The third-order valence-corrected chi connectivity index (χ3v) is 9.23. The highest BCUT2D eigenvalue weighted by Gasteiger charge is 2.39. The van der Waals surface area contributed by atoms with Crippen LogP contribution in [0.5, 0.6) is 5.75 Å². The fraction of sp³-hybridized carbons (Fsp3) is 0.400. The summed E-state index contributed by atoms with van der Waals surface area (Å²) in [7, 11) is -3.52. The van der Waals surface area contributed by atoms with Crippen LogP contribution < -0.4 is 9.64 Å². The second kappa shape index (κ2) is 10.1. The van der Waals surface area contributed by atoms with Gasteiger partial charge >= 0.3 is 0 Å². The molecule has 0 saturated carbocycles. The highest BCUT2D eigenvalue weighted by Crippen LogP contribution is 2.30. The summed E-state index contributed by atoms with van der Waals surface area (Å²) in [5, 5.41) is 0.880. The molecule has 0 spiro atoms. The second-order valence-corrected chi connectivity index (χ2v) is 11.9. The maximum atomic E-state index is 14.5. The van der Waals surface area contributed by atoms with E-state index in [1.807, 2.05) is 35.2 Å². The normalized spacial score (nSPS) is 19.2. The van der Waals surface area contributed by atoms with Crippen molar-refractivity contribution in [2.24, 2.45) is 0 Å². The Balaban J connectivity index is 1.18. The lowest BCUT2D eigenvalue weighted by molar-refractivity contribution is -0.135. The number of anilines is 1. The van der Waals surface area contributed by atoms with Crippen LogP contribution in [0.3, 0.4) is 0 Å². The first-order chi connectivity index (χ1) is 17.4. The van der Waals surface area contributed by atoms with Gasteiger partial charge in [0.1, 0.15) is 0 Å². The number of hydrogen-bond acceptors (Lipinski definition) is 8. The van der Waals surface area contributed by atoms with Crippen LogP contribution in [-0.4, -0.2) is 66.1 Å². The molecular weight excluding hydrogens is 503 g/mol. The lowest BCUT2D eigenvalue weighted by Gasteiger charge is -2.36. The quantitative estimate of drug-likeness (QED) is 0.459. The Morgan fingerprint density at radius 2 is 1.83 bits per heavy atom. The summed E-state index contributed by atoms with van der Waals surface area (Å²) in [6.07, 6.45) is 1.29. The summed E-state index contributed by atoms with van der Waals surface area (Å²) in [6, 6.07) is 13.5. The smallest absolute Gasteiger partial charge is 0.263 e. The number of ether oxygens (including phenoxy) is 1. The lowest BCUT2D eigenvalue weighted by atomic mass is 10.0. The number of halogens is 1. The molecule has 3 aromatic rings. The molecule has 2 aromatic carbocycles. The van der Waals surface area contributed by atoms with Gasteiger partial charge in [-0.15, -0.1) is 0 Å². The largest absolute Gasteiger partial charge is 0.477 e. The van der Waals surface area contributed by atoms with E-state index >= 15 is 0 Å². The number of carbonyl (C=O) groups excluding carboxylic acids is 1. The Labute approximate surface area is 213 Å². The first-order valence-corrected chi connectivity index (χ1v) is 14.4. The predicted octanol–water partition coefficient (Wildman–Crippen LogP) is 3.79. The Kier molecular flexibility index (Phi) is 6.94. The molecule has 190 valence electrons. The molecule has 36 heavy (non-hydrogen) atoms. The van der Waals surface area contributed by atoms with Crippen molar-refractivity contribution in [3.63, 3.8) is 0 Å². The van der Waals surface area contributed by atoms with E-state index in [-0.39, 0.29) is 28.3 Å². The molecule has 1 atom stereocenters. The van der Waals surface area contributed by atoms with E-state index in [0.29, 0.717) is 13.0 Å². The van der Waals surface area contributed by atoms with Crippen LogP contribution in [0.25, 0.3) is 11.4 Å². The van der Waals surface area contributed by atoms with Gasteiger partial charge in [0, 0.05) is 49.2 Å². The summed E-state index contributed by atoms with van der Waals surface area (Å²) >= 11 is 1.38. The first kappa shape index (κ1) is 24.6. The summed E-state index contributed by atoms with van der Waals surface area (Å²) < 4.78 is 48.7. The van der Waals surface area contributed by atoms with Gasteiger partial charge in [-0.1, -0.05) is 37.3 Å².